The first kappa shape index (κ1) is 19.5. The Morgan fingerprint density at radius 1 is 0.897 bits per heavy atom. The maximum atomic E-state index is 12.5. The fourth-order valence-electron chi connectivity index (χ4n) is 2.88. The highest BCUT2D eigenvalue weighted by Gasteiger charge is 2.19. The van der Waals surface area contributed by atoms with Gasteiger partial charge >= 0.3 is 0 Å². The lowest BCUT2D eigenvalue weighted by Crippen LogP contribution is -2.10. The van der Waals surface area contributed by atoms with Crippen molar-refractivity contribution in [1.82, 2.24) is 14.8 Å². The van der Waals surface area contributed by atoms with Crippen LogP contribution in [0.1, 0.15) is 5.56 Å². The monoisotopic (exact) mass is 425 g/mol. The standard InChI is InChI=1S/C21H19N3O3S2/c25-29(26,18-10-5-2-6-11-18)15-14-28-21-23-22-20(19-12-7-13-27-19)24(21)16-17-8-3-1-4-9-17/h1-13H,14-16H2. The van der Waals surface area contributed by atoms with E-state index >= 15 is 0 Å². The number of hydrogen-bond donors (Lipinski definition) is 0. The maximum absolute atomic E-state index is 12.5. The number of rotatable bonds is 8. The minimum absolute atomic E-state index is 0.0238. The molecular formula is C21H19N3O3S2. The smallest absolute Gasteiger partial charge is 0.200 e. The van der Waals surface area contributed by atoms with Crippen LogP contribution in [0, 0.1) is 0 Å². The highest BCUT2D eigenvalue weighted by Crippen LogP contribution is 2.26. The van der Waals surface area contributed by atoms with Crippen LogP contribution in [-0.2, 0) is 16.4 Å². The summed E-state index contributed by atoms with van der Waals surface area (Å²) in [6, 6.07) is 22.1. The predicted octanol–water partition coefficient (Wildman–Crippen LogP) is 4.15. The summed E-state index contributed by atoms with van der Waals surface area (Å²) in [6.07, 6.45) is 1.59. The van der Waals surface area contributed by atoms with E-state index in [2.05, 4.69) is 10.2 Å². The minimum atomic E-state index is -3.34. The molecule has 148 valence electrons. The van der Waals surface area contributed by atoms with E-state index in [9.17, 15) is 8.42 Å². The van der Waals surface area contributed by atoms with Crippen molar-refractivity contribution in [1.29, 1.82) is 0 Å². The van der Waals surface area contributed by atoms with Gasteiger partial charge in [-0.1, -0.05) is 60.3 Å². The van der Waals surface area contributed by atoms with E-state index in [1.165, 1.54) is 11.8 Å². The van der Waals surface area contributed by atoms with Crippen LogP contribution in [0.4, 0.5) is 0 Å². The van der Waals surface area contributed by atoms with Crippen molar-refractivity contribution in [2.45, 2.75) is 16.6 Å². The number of furan rings is 1. The van der Waals surface area contributed by atoms with Gasteiger partial charge in [-0.25, -0.2) is 8.42 Å². The molecular weight excluding hydrogens is 406 g/mol. The lowest BCUT2D eigenvalue weighted by molar-refractivity contribution is 0.569. The first-order valence-corrected chi connectivity index (χ1v) is 11.7. The van der Waals surface area contributed by atoms with E-state index in [0.29, 0.717) is 33.9 Å². The van der Waals surface area contributed by atoms with Gasteiger partial charge in [0.25, 0.3) is 0 Å². The van der Waals surface area contributed by atoms with Gasteiger partial charge in [-0.3, -0.25) is 4.57 Å². The van der Waals surface area contributed by atoms with Crippen molar-refractivity contribution >= 4 is 21.6 Å². The van der Waals surface area contributed by atoms with Gasteiger partial charge in [0.05, 0.1) is 23.5 Å². The van der Waals surface area contributed by atoms with Crippen molar-refractivity contribution < 1.29 is 12.8 Å². The van der Waals surface area contributed by atoms with Crippen LogP contribution in [0.3, 0.4) is 0 Å². The second-order valence-electron chi connectivity index (χ2n) is 6.34. The second kappa shape index (κ2) is 8.67. The number of nitrogens with zero attached hydrogens (tertiary/aromatic N) is 3. The Morgan fingerprint density at radius 3 is 2.31 bits per heavy atom. The van der Waals surface area contributed by atoms with Gasteiger partial charge in [0.2, 0.25) is 5.82 Å². The Kier molecular flexibility index (Phi) is 5.82. The normalized spacial score (nSPS) is 11.6. The van der Waals surface area contributed by atoms with Crippen LogP contribution in [0.25, 0.3) is 11.6 Å². The molecule has 6 nitrogen and oxygen atoms in total. The Hall–Kier alpha value is -2.84. The number of thioether (sulfide) groups is 1. The number of aromatic nitrogens is 3. The molecule has 0 aliphatic heterocycles. The number of benzene rings is 2. The van der Waals surface area contributed by atoms with E-state index in [1.54, 1.807) is 42.7 Å². The average molecular weight is 426 g/mol. The summed E-state index contributed by atoms with van der Waals surface area (Å²) in [7, 11) is -3.34. The summed E-state index contributed by atoms with van der Waals surface area (Å²) in [6.45, 7) is 0.567. The number of hydrogen-bond acceptors (Lipinski definition) is 6. The first-order chi connectivity index (χ1) is 14.1. The van der Waals surface area contributed by atoms with E-state index in [0.717, 1.165) is 5.56 Å². The zero-order valence-corrected chi connectivity index (χ0v) is 17.1. The molecule has 2 aromatic heterocycles. The SMILES string of the molecule is O=S(=O)(CCSc1nnc(-c2ccco2)n1Cc1ccccc1)c1ccccc1. The molecule has 29 heavy (non-hydrogen) atoms. The Bertz CT molecular complexity index is 1160. The molecule has 4 aromatic rings. The molecule has 4 rings (SSSR count). The van der Waals surface area contributed by atoms with Crippen molar-refractivity contribution in [2.75, 3.05) is 11.5 Å². The summed E-state index contributed by atoms with van der Waals surface area (Å²) in [5, 5.41) is 9.21. The molecule has 2 heterocycles. The minimum Gasteiger partial charge on any atom is -0.461 e. The summed E-state index contributed by atoms with van der Waals surface area (Å²) < 4.78 is 32.5. The van der Waals surface area contributed by atoms with Gasteiger partial charge in [-0.05, 0) is 29.8 Å². The second-order valence-corrected chi connectivity index (χ2v) is 9.51. The van der Waals surface area contributed by atoms with E-state index in [-0.39, 0.29) is 5.75 Å². The number of sulfone groups is 1. The largest absolute Gasteiger partial charge is 0.461 e. The fraction of sp³-hybridized carbons (Fsp3) is 0.143. The van der Waals surface area contributed by atoms with Crippen molar-refractivity contribution in [3.05, 3.63) is 84.6 Å². The van der Waals surface area contributed by atoms with Gasteiger partial charge < -0.3 is 4.42 Å². The van der Waals surface area contributed by atoms with Gasteiger partial charge in [-0.15, -0.1) is 10.2 Å². The third-order valence-corrected chi connectivity index (χ3v) is 7.29. The van der Waals surface area contributed by atoms with Crippen molar-refractivity contribution in [3.8, 4) is 11.6 Å². The molecule has 0 bridgehead atoms. The quantitative estimate of drug-likeness (QED) is 0.395. The molecule has 8 heteroatoms. The zero-order chi connectivity index (χ0) is 20.1. The van der Waals surface area contributed by atoms with E-state index < -0.39 is 9.84 Å². The summed E-state index contributed by atoms with van der Waals surface area (Å²) in [4.78, 5) is 0.336. The third kappa shape index (κ3) is 4.60. The molecule has 0 spiro atoms. The van der Waals surface area contributed by atoms with Crippen LogP contribution < -0.4 is 0 Å². The van der Waals surface area contributed by atoms with Crippen LogP contribution in [0.2, 0.25) is 0 Å². The van der Waals surface area contributed by atoms with E-state index in [1.807, 2.05) is 41.0 Å². The maximum Gasteiger partial charge on any atom is 0.200 e. The molecule has 0 aliphatic carbocycles. The van der Waals surface area contributed by atoms with Crippen LogP contribution >= 0.6 is 11.8 Å². The molecule has 2 aromatic carbocycles. The fourth-order valence-corrected chi connectivity index (χ4v) is 5.49. The molecule has 0 fully saturated rings. The Morgan fingerprint density at radius 2 is 1.62 bits per heavy atom. The third-order valence-electron chi connectivity index (χ3n) is 4.33. The zero-order valence-electron chi connectivity index (χ0n) is 15.5. The molecule has 0 radical (unpaired) electrons. The van der Waals surface area contributed by atoms with Crippen LogP contribution in [0.15, 0.2) is 93.5 Å². The molecule has 0 N–H and O–H groups in total. The molecule has 0 saturated heterocycles. The first-order valence-electron chi connectivity index (χ1n) is 9.05. The highest BCUT2D eigenvalue weighted by atomic mass is 32.2. The molecule has 0 atom stereocenters. The predicted molar refractivity (Wildman–Crippen MR) is 112 cm³/mol. The van der Waals surface area contributed by atoms with Gasteiger partial charge in [0.1, 0.15) is 0 Å². The van der Waals surface area contributed by atoms with E-state index in [4.69, 9.17) is 4.42 Å². The molecule has 0 saturated carbocycles. The lowest BCUT2D eigenvalue weighted by Gasteiger charge is -2.09. The highest BCUT2D eigenvalue weighted by molar-refractivity contribution is 8.00. The Labute approximate surface area is 173 Å². The van der Waals surface area contributed by atoms with Gasteiger partial charge in [-0.2, -0.15) is 0 Å². The topological polar surface area (TPSA) is 78.0 Å². The molecule has 0 unspecified atom stereocenters. The van der Waals surface area contributed by atoms with Crippen molar-refractivity contribution in [2.24, 2.45) is 0 Å². The van der Waals surface area contributed by atoms with Crippen LogP contribution in [-0.4, -0.2) is 34.7 Å². The molecule has 0 aliphatic rings. The Balaban J connectivity index is 1.54. The summed E-state index contributed by atoms with van der Waals surface area (Å²) in [5.41, 5.74) is 1.10. The summed E-state index contributed by atoms with van der Waals surface area (Å²) >= 11 is 1.37. The molecule has 0 amide bonds. The van der Waals surface area contributed by atoms with Crippen LogP contribution in [0.5, 0.6) is 0 Å². The van der Waals surface area contributed by atoms with Gasteiger partial charge in [0.15, 0.2) is 20.8 Å². The lowest BCUT2D eigenvalue weighted by atomic mass is 10.2. The van der Waals surface area contributed by atoms with Gasteiger partial charge in [0, 0.05) is 5.75 Å². The van der Waals surface area contributed by atoms with Crippen molar-refractivity contribution in [3.63, 3.8) is 0 Å². The summed E-state index contributed by atoms with van der Waals surface area (Å²) in [5.74, 6) is 1.64. The average Bonchev–Trinajstić information content (AvgIpc) is 3.40.